The van der Waals surface area contributed by atoms with Gasteiger partial charge in [-0.1, -0.05) is 29.9 Å². The first-order chi connectivity index (χ1) is 8.56. The quantitative estimate of drug-likeness (QED) is 0.844. The van der Waals surface area contributed by atoms with Crippen LogP contribution in [0.15, 0.2) is 36.5 Å². The van der Waals surface area contributed by atoms with Gasteiger partial charge in [-0.15, -0.1) is 0 Å². The van der Waals surface area contributed by atoms with E-state index < -0.39 is 0 Å². The summed E-state index contributed by atoms with van der Waals surface area (Å²) in [6.45, 7) is 1.96. The molecule has 0 atom stereocenters. The van der Waals surface area contributed by atoms with Crippen molar-refractivity contribution < 1.29 is 0 Å². The second kappa shape index (κ2) is 5.33. The van der Waals surface area contributed by atoms with E-state index in [4.69, 9.17) is 29.6 Å². The predicted octanol–water partition coefficient (Wildman–Crippen LogP) is 3.42. The molecule has 3 N–H and O–H groups in total. The van der Waals surface area contributed by atoms with Gasteiger partial charge in [0.15, 0.2) is 0 Å². The highest BCUT2D eigenvalue weighted by Gasteiger charge is 2.01. The molecule has 0 fully saturated rings. The fraction of sp³-hybridized carbons (Fsp3) is 0.0769. The van der Waals surface area contributed by atoms with Gasteiger partial charge in [0.25, 0.3) is 0 Å². The van der Waals surface area contributed by atoms with Crippen molar-refractivity contribution in [3.05, 3.63) is 52.7 Å². The Labute approximate surface area is 116 Å². The van der Waals surface area contributed by atoms with E-state index in [-0.39, 0.29) is 0 Å². The minimum absolute atomic E-state index is 0.340. The van der Waals surface area contributed by atoms with Crippen molar-refractivity contribution in [2.75, 3.05) is 5.32 Å². The molecule has 1 heterocycles. The number of nitrogens with two attached hydrogens (primary N) is 1. The highest BCUT2D eigenvalue weighted by atomic mass is 35.5. The molecule has 0 saturated carbocycles. The fourth-order valence-electron chi connectivity index (χ4n) is 1.43. The van der Waals surface area contributed by atoms with E-state index in [0.29, 0.717) is 4.99 Å². The standard InChI is InChI=1S/C13H12ClN3S/c1-8-2-4-10(6-11(8)14)17-12-5-3-9(7-16-12)13(15)18/h2-7H,1H3,(H2,15,18)(H,16,17). The first-order valence-corrected chi connectivity index (χ1v) is 6.14. The molecule has 3 nitrogen and oxygen atoms in total. The summed E-state index contributed by atoms with van der Waals surface area (Å²) < 4.78 is 0. The fourth-order valence-corrected chi connectivity index (χ4v) is 1.73. The van der Waals surface area contributed by atoms with Crippen molar-refractivity contribution in [3.63, 3.8) is 0 Å². The molecule has 0 bridgehead atoms. The third kappa shape index (κ3) is 2.97. The molecule has 0 aliphatic rings. The Hall–Kier alpha value is -1.65. The highest BCUT2D eigenvalue weighted by molar-refractivity contribution is 7.80. The molecule has 5 heteroatoms. The van der Waals surface area contributed by atoms with E-state index in [2.05, 4.69) is 10.3 Å². The van der Waals surface area contributed by atoms with Crippen molar-refractivity contribution in [1.29, 1.82) is 0 Å². The van der Waals surface area contributed by atoms with E-state index in [1.807, 2.05) is 37.3 Å². The van der Waals surface area contributed by atoms with Crippen LogP contribution in [-0.2, 0) is 0 Å². The largest absolute Gasteiger partial charge is 0.389 e. The van der Waals surface area contributed by atoms with Gasteiger partial charge in [-0.25, -0.2) is 4.98 Å². The molecule has 1 aromatic carbocycles. The van der Waals surface area contributed by atoms with Crippen LogP contribution in [-0.4, -0.2) is 9.97 Å². The molecule has 0 radical (unpaired) electrons. The number of rotatable bonds is 3. The summed E-state index contributed by atoms with van der Waals surface area (Å²) >= 11 is 10.9. The Kier molecular flexibility index (Phi) is 3.79. The van der Waals surface area contributed by atoms with Crippen LogP contribution >= 0.6 is 23.8 Å². The van der Waals surface area contributed by atoms with Gasteiger partial charge in [-0.2, -0.15) is 0 Å². The Balaban J connectivity index is 2.18. The summed E-state index contributed by atoms with van der Waals surface area (Å²) in [5.74, 6) is 0.718. The lowest BCUT2D eigenvalue weighted by atomic mass is 10.2. The Bertz CT molecular complexity index is 581. The topological polar surface area (TPSA) is 50.9 Å². The van der Waals surface area contributed by atoms with Crippen LogP contribution in [0.1, 0.15) is 11.1 Å². The third-order valence-electron chi connectivity index (χ3n) is 2.49. The van der Waals surface area contributed by atoms with E-state index in [9.17, 15) is 0 Å². The average molecular weight is 278 g/mol. The lowest BCUT2D eigenvalue weighted by Gasteiger charge is -2.07. The van der Waals surface area contributed by atoms with Crippen molar-refractivity contribution in [3.8, 4) is 0 Å². The summed E-state index contributed by atoms with van der Waals surface area (Å²) in [5.41, 5.74) is 8.18. The summed E-state index contributed by atoms with van der Waals surface area (Å²) in [6, 6.07) is 9.41. The summed E-state index contributed by atoms with van der Waals surface area (Å²) in [7, 11) is 0. The van der Waals surface area contributed by atoms with Crippen LogP contribution in [0.25, 0.3) is 0 Å². The maximum Gasteiger partial charge on any atom is 0.130 e. The van der Waals surface area contributed by atoms with Crippen molar-refractivity contribution in [2.45, 2.75) is 6.92 Å². The van der Waals surface area contributed by atoms with E-state index in [1.54, 1.807) is 6.20 Å². The lowest BCUT2D eigenvalue weighted by molar-refractivity contribution is 1.29. The van der Waals surface area contributed by atoms with Gasteiger partial charge in [-0.05, 0) is 36.8 Å². The third-order valence-corrected chi connectivity index (χ3v) is 3.14. The number of anilines is 2. The zero-order valence-corrected chi connectivity index (χ0v) is 11.3. The van der Waals surface area contributed by atoms with Crippen LogP contribution < -0.4 is 11.1 Å². The zero-order chi connectivity index (χ0) is 13.1. The minimum atomic E-state index is 0.340. The predicted molar refractivity (Wildman–Crippen MR) is 79.6 cm³/mol. The number of thiocarbonyl (C=S) groups is 1. The number of hydrogen-bond donors (Lipinski definition) is 2. The molecule has 0 amide bonds. The van der Waals surface area contributed by atoms with Gasteiger partial charge in [0.05, 0.1) is 0 Å². The molecule has 92 valence electrons. The van der Waals surface area contributed by atoms with E-state index >= 15 is 0 Å². The molecule has 0 spiro atoms. The maximum atomic E-state index is 6.05. The van der Waals surface area contributed by atoms with Gasteiger partial charge in [0.2, 0.25) is 0 Å². The van der Waals surface area contributed by atoms with Gasteiger partial charge in [0, 0.05) is 22.5 Å². The van der Waals surface area contributed by atoms with Gasteiger partial charge in [-0.3, -0.25) is 0 Å². The molecule has 0 aliphatic carbocycles. The van der Waals surface area contributed by atoms with E-state index in [0.717, 1.165) is 27.7 Å². The molecule has 2 rings (SSSR count). The SMILES string of the molecule is Cc1ccc(Nc2ccc(C(N)=S)cn2)cc1Cl. The van der Waals surface area contributed by atoms with Gasteiger partial charge in [0.1, 0.15) is 10.8 Å². The van der Waals surface area contributed by atoms with Crippen LogP contribution in [0, 0.1) is 6.92 Å². The Morgan fingerprint density at radius 1 is 1.33 bits per heavy atom. The average Bonchev–Trinajstić information content (AvgIpc) is 2.34. The van der Waals surface area contributed by atoms with E-state index in [1.165, 1.54) is 0 Å². The number of aryl methyl sites for hydroxylation is 1. The Morgan fingerprint density at radius 2 is 2.11 bits per heavy atom. The number of benzene rings is 1. The molecular weight excluding hydrogens is 266 g/mol. The first kappa shape index (κ1) is 12.8. The zero-order valence-electron chi connectivity index (χ0n) is 9.77. The number of pyridine rings is 1. The minimum Gasteiger partial charge on any atom is -0.389 e. The number of halogens is 1. The van der Waals surface area contributed by atoms with Gasteiger partial charge < -0.3 is 11.1 Å². The second-order valence-corrected chi connectivity index (χ2v) is 4.73. The molecule has 0 aliphatic heterocycles. The molecule has 18 heavy (non-hydrogen) atoms. The summed E-state index contributed by atoms with van der Waals surface area (Å²) in [4.78, 5) is 4.57. The monoisotopic (exact) mass is 277 g/mol. The normalized spacial score (nSPS) is 10.1. The number of aromatic nitrogens is 1. The van der Waals surface area contributed by atoms with Crippen LogP contribution in [0.3, 0.4) is 0 Å². The van der Waals surface area contributed by atoms with Gasteiger partial charge >= 0.3 is 0 Å². The summed E-state index contributed by atoms with van der Waals surface area (Å²) in [6.07, 6.45) is 1.64. The van der Waals surface area contributed by atoms with Crippen LogP contribution in [0.2, 0.25) is 5.02 Å². The molecular formula is C13H12ClN3S. The second-order valence-electron chi connectivity index (χ2n) is 3.89. The molecule has 1 aromatic heterocycles. The molecule has 0 unspecified atom stereocenters. The van der Waals surface area contributed by atoms with Crippen molar-refractivity contribution in [1.82, 2.24) is 4.98 Å². The summed E-state index contributed by atoms with van der Waals surface area (Å²) in [5, 5.41) is 3.88. The van der Waals surface area contributed by atoms with Crippen LogP contribution in [0.4, 0.5) is 11.5 Å². The lowest BCUT2D eigenvalue weighted by Crippen LogP contribution is -2.09. The Morgan fingerprint density at radius 3 is 2.67 bits per heavy atom. The van der Waals surface area contributed by atoms with Crippen LogP contribution in [0.5, 0.6) is 0 Å². The molecule has 2 aromatic rings. The molecule has 0 saturated heterocycles. The number of nitrogens with zero attached hydrogens (tertiary/aromatic N) is 1. The highest BCUT2D eigenvalue weighted by Crippen LogP contribution is 2.22. The number of hydrogen-bond acceptors (Lipinski definition) is 3. The smallest absolute Gasteiger partial charge is 0.130 e. The first-order valence-electron chi connectivity index (χ1n) is 5.35. The number of nitrogens with one attached hydrogen (secondary N) is 1. The van der Waals surface area contributed by atoms with Crippen molar-refractivity contribution in [2.24, 2.45) is 5.73 Å². The maximum absolute atomic E-state index is 6.05. The van der Waals surface area contributed by atoms with Crippen molar-refractivity contribution >= 4 is 40.3 Å².